The summed E-state index contributed by atoms with van der Waals surface area (Å²) in [5.41, 5.74) is -0.251. The summed E-state index contributed by atoms with van der Waals surface area (Å²) < 4.78 is 39.6. The predicted octanol–water partition coefficient (Wildman–Crippen LogP) is 4.13. The summed E-state index contributed by atoms with van der Waals surface area (Å²) in [5.74, 6) is 0.0930. The standard InChI is InChI=1S/C18H20F3N3OS/c1-12(2)16(25)23-7-9-24(10-8-23)17-22-15(11-26-17)13-5-3-4-6-14(13)18(19,20)21/h3-6,11-12H,7-10H2,1-2H3. The fourth-order valence-corrected chi connectivity index (χ4v) is 3.85. The first-order valence-corrected chi connectivity index (χ1v) is 9.31. The Balaban J connectivity index is 1.75. The van der Waals surface area contributed by atoms with Gasteiger partial charge in [-0.25, -0.2) is 4.98 Å². The molecule has 0 radical (unpaired) electrons. The summed E-state index contributed by atoms with van der Waals surface area (Å²) in [4.78, 5) is 20.3. The summed E-state index contributed by atoms with van der Waals surface area (Å²) >= 11 is 1.33. The number of nitrogens with zero attached hydrogens (tertiary/aromatic N) is 3. The number of aromatic nitrogens is 1. The van der Waals surface area contributed by atoms with Crippen molar-refractivity contribution in [2.45, 2.75) is 20.0 Å². The van der Waals surface area contributed by atoms with E-state index in [1.807, 2.05) is 23.6 Å². The van der Waals surface area contributed by atoms with Crippen molar-refractivity contribution in [2.24, 2.45) is 5.92 Å². The van der Waals surface area contributed by atoms with Gasteiger partial charge in [0.25, 0.3) is 0 Å². The topological polar surface area (TPSA) is 36.4 Å². The molecule has 0 saturated carbocycles. The van der Waals surface area contributed by atoms with Gasteiger partial charge in [-0.05, 0) is 6.07 Å². The van der Waals surface area contributed by atoms with Gasteiger partial charge in [-0.3, -0.25) is 4.79 Å². The van der Waals surface area contributed by atoms with Crippen molar-refractivity contribution in [3.8, 4) is 11.3 Å². The van der Waals surface area contributed by atoms with Gasteiger partial charge < -0.3 is 9.80 Å². The maximum absolute atomic E-state index is 13.2. The third kappa shape index (κ3) is 3.85. The van der Waals surface area contributed by atoms with E-state index in [1.165, 1.54) is 23.5 Å². The van der Waals surface area contributed by atoms with Crippen molar-refractivity contribution in [1.82, 2.24) is 9.88 Å². The van der Waals surface area contributed by atoms with Crippen molar-refractivity contribution in [2.75, 3.05) is 31.1 Å². The number of amides is 1. The van der Waals surface area contributed by atoms with Crippen molar-refractivity contribution >= 4 is 22.4 Å². The van der Waals surface area contributed by atoms with Crippen molar-refractivity contribution < 1.29 is 18.0 Å². The maximum Gasteiger partial charge on any atom is 0.417 e. The van der Waals surface area contributed by atoms with Crippen LogP contribution in [0.4, 0.5) is 18.3 Å². The number of hydrogen-bond donors (Lipinski definition) is 0. The number of halogens is 3. The molecule has 1 aromatic carbocycles. The van der Waals surface area contributed by atoms with Crippen LogP contribution in [0.1, 0.15) is 19.4 Å². The van der Waals surface area contributed by atoms with E-state index in [-0.39, 0.29) is 17.4 Å². The Labute approximate surface area is 154 Å². The highest BCUT2D eigenvalue weighted by Gasteiger charge is 2.34. The Morgan fingerprint density at radius 1 is 1.15 bits per heavy atom. The highest BCUT2D eigenvalue weighted by molar-refractivity contribution is 7.14. The second-order valence-electron chi connectivity index (χ2n) is 6.53. The molecule has 1 aliphatic heterocycles. The average Bonchev–Trinajstić information content (AvgIpc) is 3.10. The number of anilines is 1. The lowest BCUT2D eigenvalue weighted by Gasteiger charge is -2.35. The molecule has 0 spiro atoms. The number of piperazine rings is 1. The van der Waals surface area contributed by atoms with Gasteiger partial charge in [-0.1, -0.05) is 32.0 Å². The summed E-state index contributed by atoms with van der Waals surface area (Å²) in [6, 6.07) is 5.48. The van der Waals surface area contributed by atoms with Crippen LogP contribution in [0.3, 0.4) is 0 Å². The Kier molecular flexibility index (Phi) is 5.22. The van der Waals surface area contributed by atoms with Crippen LogP contribution in [0, 0.1) is 5.92 Å². The molecule has 3 rings (SSSR count). The minimum absolute atomic E-state index is 0.0353. The quantitative estimate of drug-likeness (QED) is 0.800. The SMILES string of the molecule is CC(C)C(=O)N1CCN(c2nc(-c3ccccc3C(F)(F)F)cs2)CC1. The molecule has 2 aromatic rings. The number of hydrogen-bond acceptors (Lipinski definition) is 4. The average molecular weight is 383 g/mol. The van der Waals surface area contributed by atoms with Crippen molar-refractivity contribution in [1.29, 1.82) is 0 Å². The van der Waals surface area contributed by atoms with Crippen LogP contribution in [-0.4, -0.2) is 42.0 Å². The molecule has 0 N–H and O–H groups in total. The van der Waals surface area contributed by atoms with Crippen LogP contribution in [-0.2, 0) is 11.0 Å². The largest absolute Gasteiger partial charge is 0.417 e. The fourth-order valence-electron chi connectivity index (χ4n) is 2.97. The van der Waals surface area contributed by atoms with Gasteiger partial charge in [0.15, 0.2) is 5.13 Å². The molecule has 140 valence electrons. The molecule has 1 amide bonds. The van der Waals surface area contributed by atoms with E-state index in [9.17, 15) is 18.0 Å². The van der Waals surface area contributed by atoms with Gasteiger partial charge in [0.1, 0.15) is 0 Å². The fraction of sp³-hybridized carbons (Fsp3) is 0.444. The molecule has 2 heterocycles. The van der Waals surface area contributed by atoms with E-state index >= 15 is 0 Å². The zero-order valence-corrected chi connectivity index (χ0v) is 15.4. The van der Waals surface area contributed by atoms with Gasteiger partial charge in [0.05, 0.1) is 11.3 Å². The molecular weight excluding hydrogens is 363 g/mol. The van der Waals surface area contributed by atoms with Gasteiger partial charge in [0, 0.05) is 43.0 Å². The molecule has 26 heavy (non-hydrogen) atoms. The predicted molar refractivity (Wildman–Crippen MR) is 96.2 cm³/mol. The molecule has 1 aliphatic rings. The Morgan fingerprint density at radius 2 is 1.81 bits per heavy atom. The number of carbonyl (C=O) groups excluding carboxylic acids is 1. The number of carbonyl (C=O) groups is 1. The lowest BCUT2D eigenvalue weighted by Crippen LogP contribution is -2.49. The third-order valence-corrected chi connectivity index (χ3v) is 5.26. The van der Waals surface area contributed by atoms with Crippen molar-refractivity contribution in [3.63, 3.8) is 0 Å². The number of benzene rings is 1. The summed E-state index contributed by atoms with van der Waals surface area (Å²) in [6.45, 7) is 6.22. The normalized spacial score (nSPS) is 15.6. The molecular formula is C18H20F3N3OS. The maximum atomic E-state index is 13.2. The first-order chi connectivity index (χ1) is 12.3. The molecule has 1 fully saturated rings. The Bertz CT molecular complexity index is 780. The van der Waals surface area contributed by atoms with Crippen LogP contribution in [0.5, 0.6) is 0 Å². The van der Waals surface area contributed by atoms with E-state index in [1.54, 1.807) is 11.4 Å². The van der Waals surface area contributed by atoms with Gasteiger partial charge in [0.2, 0.25) is 5.91 Å². The molecule has 8 heteroatoms. The third-order valence-electron chi connectivity index (χ3n) is 4.36. The smallest absolute Gasteiger partial charge is 0.345 e. The Hall–Kier alpha value is -2.09. The van der Waals surface area contributed by atoms with Crippen LogP contribution in [0.15, 0.2) is 29.6 Å². The molecule has 0 unspecified atom stereocenters. The number of rotatable bonds is 3. The van der Waals surface area contributed by atoms with E-state index in [0.29, 0.717) is 37.0 Å². The first-order valence-electron chi connectivity index (χ1n) is 8.43. The molecule has 1 saturated heterocycles. The molecule has 0 atom stereocenters. The summed E-state index contributed by atoms with van der Waals surface area (Å²) in [6.07, 6.45) is -4.41. The minimum atomic E-state index is -4.41. The van der Waals surface area contributed by atoms with Crippen LogP contribution >= 0.6 is 11.3 Å². The van der Waals surface area contributed by atoms with E-state index < -0.39 is 11.7 Å². The zero-order chi connectivity index (χ0) is 18.9. The van der Waals surface area contributed by atoms with Crippen LogP contribution < -0.4 is 4.90 Å². The molecule has 4 nitrogen and oxygen atoms in total. The molecule has 0 bridgehead atoms. The first kappa shape index (κ1) is 18.7. The minimum Gasteiger partial charge on any atom is -0.345 e. The van der Waals surface area contributed by atoms with Crippen molar-refractivity contribution in [3.05, 3.63) is 35.2 Å². The van der Waals surface area contributed by atoms with E-state index in [4.69, 9.17) is 0 Å². The molecule has 1 aromatic heterocycles. The number of thiazole rings is 1. The second-order valence-corrected chi connectivity index (χ2v) is 7.36. The van der Waals surface area contributed by atoms with Gasteiger partial charge >= 0.3 is 6.18 Å². The lowest BCUT2D eigenvalue weighted by atomic mass is 10.1. The Morgan fingerprint density at radius 3 is 2.42 bits per heavy atom. The molecule has 0 aliphatic carbocycles. The highest BCUT2D eigenvalue weighted by Crippen LogP contribution is 2.38. The highest BCUT2D eigenvalue weighted by atomic mass is 32.1. The zero-order valence-electron chi connectivity index (χ0n) is 14.6. The van der Waals surface area contributed by atoms with E-state index in [2.05, 4.69) is 4.98 Å². The van der Waals surface area contributed by atoms with Crippen LogP contribution in [0.25, 0.3) is 11.3 Å². The van der Waals surface area contributed by atoms with Crippen LogP contribution in [0.2, 0.25) is 0 Å². The number of alkyl halides is 3. The second kappa shape index (κ2) is 7.26. The summed E-state index contributed by atoms with van der Waals surface area (Å²) in [7, 11) is 0. The van der Waals surface area contributed by atoms with Gasteiger partial charge in [-0.15, -0.1) is 11.3 Å². The lowest BCUT2D eigenvalue weighted by molar-refractivity contribution is -0.137. The summed E-state index contributed by atoms with van der Waals surface area (Å²) in [5, 5.41) is 2.35. The monoisotopic (exact) mass is 383 g/mol. The van der Waals surface area contributed by atoms with E-state index in [0.717, 1.165) is 6.07 Å². The van der Waals surface area contributed by atoms with Gasteiger partial charge in [-0.2, -0.15) is 13.2 Å².